The molecule has 0 amide bonds. The van der Waals surface area contributed by atoms with Crippen molar-refractivity contribution in [1.29, 1.82) is 0 Å². The molecule has 2 N–H and O–H groups in total. The lowest BCUT2D eigenvalue weighted by Gasteiger charge is -2.04. The van der Waals surface area contributed by atoms with E-state index in [2.05, 4.69) is 0 Å². The van der Waals surface area contributed by atoms with Crippen LogP contribution in [-0.4, -0.2) is 0 Å². The van der Waals surface area contributed by atoms with Gasteiger partial charge in [0.1, 0.15) is 11.6 Å². The van der Waals surface area contributed by atoms with E-state index in [4.69, 9.17) is 5.73 Å². The topological polar surface area (TPSA) is 26.0 Å². The van der Waals surface area contributed by atoms with Crippen molar-refractivity contribution in [2.75, 3.05) is 5.73 Å². The van der Waals surface area contributed by atoms with Crippen LogP contribution >= 0.6 is 11.8 Å². The van der Waals surface area contributed by atoms with Crippen molar-refractivity contribution in [3.05, 3.63) is 59.7 Å². The van der Waals surface area contributed by atoms with E-state index in [-0.39, 0.29) is 5.82 Å². The second-order valence-electron chi connectivity index (χ2n) is 3.60. The van der Waals surface area contributed by atoms with Crippen LogP contribution in [0.5, 0.6) is 0 Å². The van der Waals surface area contributed by atoms with Crippen molar-refractivity contribution >= 4 is 17.4 Å². The van der Waals surface area contributed by atoms with E-state index in [1.165, 1.54) is 17.8 Å². The van der Waals surface area contributed by atoms with Gasteiger partial charge in [-0.25, -0.2) is 8.78 Å². The van der Waals surface area contributed by atoms with Gasteiger partial charge in [0.2, 0.25) is 0 Å². The lowest BCUT2D eigenvalue weighted by molar-refractivity contribution is 0.591. The zero-order valence-corrected chi connectivity index (χ0v) is 9.81. The average Bonchev–Trinajstić information content (AvgIpc) is 2.30. The SMILES string of the molecule is Nc1cccc(SCc2cc(F)ccc2F)c1. The summed E-state index contributed by atoms with van der Waals surface area (Å²) in [4.78, 5) is 0.939. The molecule has 0 aliphatic heterocycles. The van der Waals surface area contributed by atoms with Gasteiger partial charge in [-0.1, -0.05) is 6.07 Å². The molecular formula is C13H11F2NS. The highest BCUT2D eigenvalue weighted by atomic mass is 32.2. The van der Waals surface area contributed by atoms with Crippen molar-refractivity contribution in [1.82, 2.24) is 0 Å². The molecule has 0 radical (unpaired) electrons. The Kier molecular flexibility index (Phi) is 3.64. The average molecular weight is 251 g/mol. The molecule has 1 nitrogen and oxygen atoms in total. The first kappa shape index (κ1) is 11.9. The molecule has 2 aromatic rings. The summed E-state index contributed by atoms with van der Waals surface area (Å²) >= 11 is 1.42. The fraction of sp³-hybridized carbons (Fsp3) is 0.0769. The Labute approximate surface area is 103 Å². The summed E-state index contributed by atoms with van der Waals surface area (Å²) in [5.41, 5.74) is 6.65. The minimum atomic E-state index is -0.422. The number of benzene rings is 2. The maximum Gasteiger partial charge on any atom is 0.127 e. The van der Waals surface area contributed by atoms with Gasteiger partial charge in [-0.15, -0.1) is 11.8 Å². The van der Waals surface area contributed by atoms with Gasteiger partial charge >= 0.3 is 0 Å². The third-order valence-electron chi connectivity index (χ3n) is 2.26. The molecule has 0 spiro atoms. The van der Waals surface area contributed by atoms with E-state index in [0.29, 0.717) is 17.0 Å². The number of halogens is 2. The van der Waals surface area contributed by atoms with Gasteiger partial charge in [0, 0.05) is 21.9 Å². The first-order valence-electron chi connectivity index (χ1n) is 5.07. The van der Waals surface area contributed by atoms with Crippen molar-refractivity contribution in [3.8, 4) is 0 Å². The normalized spacial score (nSPS) is 10.5. The van der Waals surface area contributed by atoms with Gasteiger partial charge in [0.25, 0.3) is 0 Å². The van der Waals surface area contributed by atoms with E-state index >= 15 is 0 Å². The maximum atomic E-state index is 13.3. The number of nitrogens with two attached hydrogens (primary N) is 1. The highest BCUT2D eigenvalue weighted by Gasteiger charge is 2.04. The van der Waals surface area contributed by atoms with E-state index in [9.17, 15) is 8.78 Å². The molecule has 88 valence electrons. The van der Waals surface area contributed by atoms with Gasteiger partial charge in [0.15, 0.2) is 0 Å². The molecule has 0 atom stereocenters. The highest BCUT2D eigenvalue weighted by Crippen LogP contribution is 2.25. The molecule has 0 fully saturated rings. The highest BCUT2D eigenvalue weighted by molar-refractivity contribution is 7.98. The molecule has 17 heavy (non-hydrogen) atoms. The number of anilines is 1. The van der Waals surface area contributed by atoms with Crippen LogP contribution in [0.3, 0.4) is 0 Å². The Hall–Kier alpha value is -1.55. The maximum absolute atomic E-state index is 13.3. The molecule has 0 aliphatic carbocycles. The number of nitrogen functional groups attached to an aromatic ring is 1. The van der Waals surface area contributed by atoms with Crippen molar-refractivity contribution in [2.24, 2.45) is 0 Å². The van der Waals surface area contributed by atoms with E-state index in [0.717, 1.165) is 17.0 Å². The molecule has 4 heteroatoms. The van der Waals surface area contributed by atoms with Crippen molar-refractivity contribution in [3.63, 3.8) is 0 Å². The van der Waals surface area contributed by atoms with Gasteiger partial charge in [-0.3, -0.25) is 0 Å². The Morgan fingerprint density at radius 3 is 2.65 bits per heavy atom. The fourth-order valence-corrected chi connectivity index (χ4v) is 2.36. The molecule has 0 aromatic heterocycles. The lowest BCUT2D eigenvalue weighted by Crippen LogP contribution is -1.90. The lowest BCUT2D eigenvalue weighted by atomic mass is 10.2. The van der Waals surface area contributed by atoms with Crippen LogP contribution < -0.4 is 5.73 Å². The van der Waals surface area contributed by atoms with Gasteiger partial charge in [-0.05, 0) is 36.4 Å². The van der Waals surface area contributed by atoms with Crippen LogP contribution in [-0.2, 0) is 5.75 Å². The Morgan fingerprint density at radius 1 is 1.06 bits per heavy atom. The van der Waals surface area contributed by atoms with Gasteiger partial charge in [0.05, 0.1) is 0 Å². The third-order valence-corrected chi connectivity index (χ3v) is 3.30. The van der Waals surface area contributed by atoms with Crippen molar-refractivity contribution < 1.29 is 8.78 Å². The predicted octanol–water partition coefficient (Wildman–Crippen LogP) is 3.84. The van der Waals surface area contributed by atoms with Crippen LogP contribution in [0, 0.1) is 11.6 Å². The van der Waals surface area contributed by atoms with Gasteiger partial charge in [-0.2, -0.15) is 0 Å². The number of rotatable bonds is 3. The van der Waals surface area contributed by atoms with Crippen LogP contribution in [0.4, 0.5) is 14.5 Å². The van der Waals surface area contributed by atoms with E-state index in [1.54, 1.807) is 6.07 Å². The van der Waals surface area contributed by atoms with E-state index in [1.807, 2.05) is 18.2 Å². The molecule has 2 rings (SSSR count). The summed E-state index contributed by atoms with van der Waals surface area (Å²) in [6.07, 6.45) is 0. The largest absolute Gasteiger partial charge is 0.399 e. The number of hydrogen-bond acceptors (Lipinski definition) is 2. The zero-order chi connectivity index (χ0) is 12.3. The molecule has 0 saturated heterocycles. The van der Waals surface area contributed by atoms with Crippen LogP contribution in [0.25, 0.3) is 0 Å². The van der Waals surface area contributed by atoms with Crippen molar-refractivity contribution in [2.45, 2.75) is 10.6 Å². The molecule has 0 saturated carbocycles. The standard InChI is InChI=1S/C13H11F2NS/c14-10-4-5-13(15)9(6-10)8-17-12-3-1-2-11(16)7-12/h1-7H,8,16H2. The summed E-state index contributed by atoms with van der Waals surface area (Å²) in [7, 11) is 0. The Bertz CT molecular complexity index is 529. The summed E-state index contributed by atoms with van der Waals surface area (Å²) < 4.78 is 26.3. The molecule has 2 aromatic carbocycles. The number of hydrogen-bond donors (Lipinski definition) is 1. The molecular weight excluding hydrogens is 240 g/mol. The fourth-order valence-electron chi connectivity index (χ4n) is 1.42. The Morgan fingerprint density at radius 2 is 1.88 bits per heavy atom. The minimum Gasteiger partial charge on any atom is -0.399 e. The summed E-state index contributed by atoms with van der Waals surface area (Å²) in [5.74, 6) is -0.426. The van der Waals surface area contributed by atoms with Gasteiger partial charge < -0.3 is 5.73 Å². The first-order valence-corrected chi connectivity index (χ1v) is 6.06. The van der Waals surface area contributed by atoms with Crippen LogP contribution in [0.15, 0.2) is 47.4 Å². The number of thioether (sulfide) groups is 1. The molecule has 0 aliphatic rings. The first-order chi connectivity index (χ1) is 8.15. The van der Waals surface area contributed by atoms with Crippen LogP contribution in [0.2, 0.25) is 0 Å². The predicted molar refractivity (Wildman–Crippen MR) is 66.8 cm³/mol. The summed E-state index contributed by atoms with van der Waals surface area (Å²) in [6, 6.07) is 10.8. The van der Waals surface area contributed by atoms with E-state index < -0.39 is 5.82 Å². The summed E-state index contributed by atoms with van der Waals surface area (Å²) in [5, 5.41) is 0. The second-order valence-corrected chi connectivity index (χ2v) is 4.65. The van der Waals surface area contributed by atoms with Crippen LogP contribution in [0.1, 0.15) is 5.56 Å². The Balaban J connectivity index is 2.09. The third kappa shape index (κ3) is 3.20. The second kappa shape index (κ2) is 5.19. The minimum absolute atomic E-state index is 0.359. The quantitative estimate of drug-likeness (QED) is 0.662. The smallest absolute Gasteiger partial charge is 0.127 e. The monoisotopic (exact) mass is 251 g/mol. The summed E-state index contributed by atoms with van der Waals surface area (Å²) in [6.45, 7) is 0. The molecule has 0 heterocycles. The zero-order valence-electron chi connectivity index (χ0n) is 8.99. The molecule has 0 unspecified atom stereocenters. The molecule has 0 bridgehead atoms.